The van der Waals surface area contributed by atoms with Gasteiger partial charge in [0.25, 0.3) is 0 Å². The third-order valence-electron chi connectivity index (χ3n) is 3.91. The molecule has 1 heterocycles. The molecule has 1 saturated heterocycles. The van der Waals surface area contributed by atoms with Crippen molar-refractivity contribution in [3.8, 4) is 5.75 Å². The van der Waals surface area contributed by atoms with Gasteiger partial charge in [0.15, 0.2) is 0 Å². The summed E-state index contributed by atoms with van der Waals surface area (Å²) in [5.74, 6) is 0.265. The minimum atomic E-state index is 0.265. The average molecular weight is 330 g/mol. The maximum Gasteiger partial charge on any atom is 0.116 e. The molecule has 1 aliphatic rings. The standard InChI is InChI=1S/C18H20ClN3O/c19-17-6-4-15(5-7-17)14-21-8-10-22(11-9-21)20-13-16-2-1-3-18(23)12-16/h1-7,12-13,23H,8-11,14H2/b20-13+. The lowest BCUT2D eigenvalue weighted by molar-refractivity contribution is 0.131. The first-order valence-corrected chi connectivity index (χ1v) is 8.11. The number of nitrogens with zero attached hydrogens (tertiary/aromatic N) is 3. The fourth-order valence-corrected chi connectivity index (χ4v) is 2.74. The van der Waals surface area contributed by atoms with Crippen LogP contribution in [0.1, 0.15) is 11.1 Å². The van der Waals surface area contributed by atoms with Crippen molar-refractivity contribution >= 4 is 17.8 Å². The Kier molecular flexibility index (Phi) is 5.16. The molecule has 1 N–H and O–H groups in total. The van der Waals surface area contributed by atoms with E-state index in [-0.39, 0.29) is 5.75 Å². The molecular formula is C18H20ClN3O. The highest BCUT2D eigenvalue weighted by atomic mass is 35.5. The van der Waals surface area contributed by atoms with Crippen molar-refractivity contribution in [1.29, 1.82) is 0 Å². The normalized spacial score (nSPS) is 16.1. The minimum Gasteiger partial charge on any atom is -0.508 e. The van der Waals surface area contributed by atoms with Crippen molar-refractivity contribution in [2.24, 2.45) is 5.10 Å². The summed E-state index contributed by atoms with van der Waals surface area (Å²) >= 11 is 5.92. The van der Waals surface area contributed by atoms with Crippen LogP contribution < -0.4 is 0 Å². The van der Waals surface area contributed by atoms with Gasteiger partial charge in [-0.25, -0.2) is 0 Å². The summed E-state index contributed by atoms with van der Waals surface area (Å²) in [6.45, 7) is 4.73. The van der Waals surface area contributed by atoms with Crippen molar-refractivity contribution in [2.45, 2.75) is 6.54 Å². The first-order valence-electron chi connectivity index (χ1n) is 7.74. The van der Waals surface area contributed by atoms with E-state index in [0.717, 1.165) is 43.3 Å². The number of aromatic hydroxyl groups is 1. The van der Waals surface area contributed by atoms with Crippen LogP contribution in [0.15, 0.2) is 53.6 Å². The summed E-state index contributed by atoms with van der Waals surface area (Å²) in [5.41, 5.74) is 2.19. The van der Waals surface area contributed by atoms with Crippen LogP contribution in [0.3, 0.4) is 0 Å². The van der Waals surface area contributed by atoms with E-state index in [1.54, 1.807) is 18.3 Å². The number of hydrogen-bond acceptors (Lipinski definition) is 4. The highest BCUT2D eigenvalue weighted by Crippen LogP contribution is 2.13. The van der Waals surface area contributed by atoms with Crippen molar-refractivity contribution in [3.05, 3.63) is 64.7 Å². The topological polar surface area (TPSA) is 39.1 Å². The number of piperazine rings is 1. The van der Waals surface area contributed by atoms with Gasteiger partial charge in [-0.3, -0.25) is 9.91 Å². The van der Waals surface area contributed by atoms with Crippen LogP contribution in [0.2, 0.25) is 5.02 Å². The summed E-state index contributed by atoms with van der Waals surface area (Å²) in [5, 5.41) is 16.8. The summed E-state index contributed by atoms with van der Waals surface area (Å²) in [4.78, 5) is 2.42. The van der Waals surface area contributed by atoms with E-state index in [1.807, 2.05) is 24.3 Å². The molecule has 0 atom stereocenters. The number of benzene rings is 2. The molecule has 0 unspecified atom stereocenters. The van der Waals surface area contributed by atoms with Crippen molar-refractivity contribution in [3.63, 3.8) is 0 Å². The van der Waals surface area contributed by atoms with Crippen LogP contribution in [0.25, 0.3) is 0 Å². The average Bonchev–Trinajstić information content (AvgIpc) is 2.56. The maximum absolute atomic E-state index is 9.45. The molecular weight excluding hydrogens is 310 g/mol. The Morgan fingerprint density at radius 1 is 1.04 bits per heavy atom. The van der Waals surface area contributed by atoms with E-state index in [0.29, 0.717) is 0 Å². The van der Waals surface area contributed by atoms with E-state index < -0.39 is 0 Å². The third-order valence-corrected chi connectivity index (χ3v) is 4.16. The first-order chi connectivity index (χ1) is 11.2. The molecule has 1 fully saturated rings. The van der Waals surface area contributed by atoms with Gasteiger partial charge in [0.05, 0.1) is 6.21 Å². The van der Waals surface area contributed by atoms with Crippen molar-refractivity contribution < 1.29 is 5.11 Å². The van der Waals surface area contributed by atoms with E-state index in [2.05, 4.69) is 27.1 Å². The number of halogens is 1. The smallest absolute Gasteiger partial charge is 0.116 e. The second-order valence-corrected chi connectivity index (χ2v) is 6.13. The molecule has 2 aromatic carbocycles. The quantitative estimate of drug-likeness (QED) is 0.876. The lowest BCUT2D eigenvalue weighted by atomic mass is 10.2. The van der Waals surface area contributed by atoms with Gasteiger partial charge >= 0.3 is 0 Å². The van der Waals surface area contributed by atoms with E-state index >= 15 is 0 Å². The highest BCUT2D eigenvalue weighted by molar-refractivity contribution is 6.30. The monoisotopic (exact) mass is 329 g/mol. The number of hydrazone groups is 1. The summed E-state index contributed by atoms with van der Waals surface area (Å²) in [6, 6.07) is 15.1. The van der Waals surface area contributed by atoms with Gasteiger partial charge in [0.1, 0.15) is 5.75 Å². The third kappa shape index (κ3) is 4.71. The fraction of sp³-hybridized carbons (Fsp3) is 0.278. The zero-order chi connectivity index (χ0) is 16.1. The summed E-state index contributed by atoms with van der Waals surface area (Å²) in [7, 11) is 0. The Labute approximate surface area is 141 Å². The minimum absolute atomic E-state index is 0.265. The second-order valence-electron chi connectivity index (χ2n) is 5.70. The molecule has 3 rings (SSSR count). The summed E-state index contributed by atoms with van der Waals surface area (Å²) in [6.07, 6.45) is 1.80. The lowest BCUT2D eigenvalue weighted by Gasteiger charge is -2.33. The molecule has 2 aromatic rings. The molecule has 5 heteroatoms. The van der Waals surface area contributed by atoms with Gasteiger partial charge in [-0.05, 0) is 35.4 Å². The van der Waals surface area contributed by atoms with E-state index in [9.17, 15) is 5.11 Å². The summed E-state index contributed by atoms with van der Waals surface area (Å²) < 4.78 is 0. The number of rotatable bonds is 4. The molecule has 4 nitrogen and oxygen atoms in total. The SMILES string of the molecule is Oc1cccc(/C=N/N2CCN(Cc3ccc(Cl)cc3)CC2)c1. The van der Waals surface area contributed by atoms with E-state index in [1.165, 1.54) is 5.56 Å². The molecule has 120 valence electrons. The zero-order valence-corrected chi connectivity index (χ0v) is 13.7. The molecule has 0 radical (unpaired) electrons. The Hall–Kier alpha value is -2.04. The van der Waals surface area contributed by atoms with Crippen LogP contribution >= 0.6 is 11.6 Å². The number of hydrogen-bond donors (Lipinski definition) is 1. The largest absolute Gasteiger partial charge is 0.508 e. The predicted octanol–water partition coefficient (Wildman–Crippen LogP) is 3.20. The van der Waals surface area contributed by atoms with Gasteiger partial charge < -0.3 is 5.11 Å². The van der Waals surface area contributed by atoms with Gasteiger partial charge in [0.2, 0.25) is 0 Å². The van der Waals surface area contributed by atoms with Gasteiger partial charge in [-0.2, -0.15) is 5.10 Å². The molecule has 0 aliphatic carbocycles. The maximum atomic E-state index is 9.45. The van der Waals surface area contributed by atoms with Crippen molar-refractivity contribution in [2.75, 3.05) is 26.2 Å². The van der Waals surface area contributed by atoms with Crippen LogP contribution in [0.5, 0.6) is 5.75 Å². The lowest BCUT2D eigenvalue weighted by Crippen LogP contribution is -2.43. The van der Waals surface area contributed by atoms with Gasteiger partial charge in [0, 0.05) is 37.7 Å². The molecule has 23 heavy (non-hydrogen) atoms. The van der Waals surface area contributed by atoms with Crippen LogP contribution in [0, 0.1) is 0 Å². The Morgan fingerprint density at radius 2 is 1.78 bits per heavy atom. The second kappa shape index (κ2) is 7.49. The Bertz CT molecular complexity index is 664. The molecule has 0 bridgehead atoms. The number of phenolic OH excluding ortho intramolecular Hbond substituents is 1. The molecule has 0 saturated carbocycles. The molecule has 0 spiro atoms. The molecule has 0 amide bonds. The Balaban J connectivity index is 1.49. The van der Waals surface area contributed by atoms with Crippen LogP contribution in [0.4, 0.5) is 0 Å². The Morgan fingerprint density at radius 3 is 2.48 bits per heavy atom. The van der Waals surface area contributed by atoms with Gasteiger partial charge in [-0.15, -0.1) is 0 Å². The zero-order valence-electron chi connectivity index (χ0n) is 12.9. The van der Waals surface area contributed by atoms with E-state index in [4.69, 9.17) is 11.6 Å². The van der Waals surface area contributed by atoms with Crippen LogP contribution in [-0.2, 0) is 6.54 Å². The first kappa shape index (κ1) is 15.8. The number of phenols is 1. The predicted molar refractivity (Wildman–Crippen MR) is 94.0 cm³/mol. The molecule has 0 aromatic heterocycles. The fourth-order valence-electron chi connectivity index (χ4n) is 2.61. The highest BCUT2D eigenvalue weighted by Gasteiger charge is 2.15. The van der Waals surface area contributed by atoms with Crippen LogP contribution in [-0.4, -0.2) is 47.4 Å². The molecule has 1 aliphatic heterocycles. The van der Waals surface area contributed by atoms with Gasteiger partial charge in [-0.1, -0.05) is 35.9 Å². The van der Waals surface area contributed by atoms with Crippen molar-refractivity contribution in [1.82, 2.24) is 9.91 Å².